The van der Waals surface area contributed by atoms with Crippen LogP contribution < -0.4 is 5.32 Å². The van der Waals surface area contributed by atoms with Crippen LogP contribution in [-0.2, 0) is 19.9 Å². The molecule has 0 aliphatic rings. The van der Waals surface area contributed by atoms with Crippen LogP contribution in [0.1, 0.15) is 42.4 Å². The first-order valence-corrected chi connectivity index (χ1v) is 7.55. The van der Waals surface area contributed by atoms with Crippen molar-refractivity contribution in [3.63, 3.8) is 0 Å². The van der Waals surface area contributed by atoms with E-state index in [1.165, 1.54) is 5.69 Å². The Labute approximate surface area is 126 Å². The fraction of sp³-hybridized carbons (Fsp3) is 0.471. The standard InChI is InChI=1S/C17H24FN3/c1-5-15-10-16(21(4)20-15)11-17(19-6-2)13-7-12(3)8-14(18)9-13/h7-10,17,19H,5-6,11H2,1-4H3. The van der Waals surface area contributed by atoms with Gasteiger partial charge in [-0.2, -0.15) is 5.10 Å². The summed E-state index contributed by atoms with van der Waals surface area (Å²) in [5, 5.41) is 7.93. The maximum absolute atomic E-state index is 13.7. The molecule has 0 radical (unpaired) electrons. The molecule has 1 N–H and O–H groups in total. The molecule has 0 aliphatic carbocycles. The van der Waals surface area contributed by atoms with Gasteiger partial charge in [-0.1, -0.05) is 19.9 Å². The van der Waals surface area contributed by atoms with Crippen LogP contribution >= 0.6 is 0 Å². The van der Waals surface area contributed by atoms with Crippen LogP contribution in [-0.4, -0.2) is 16.3 Å². The Balaban J connectivity index is 2.27. The number of rotatable bonds is 6. The molecule has 0 aliphatic heterocycles. The minimum absolute atomic E-state index is 0.101. The monoisotopic (exact) mass is 289 g/mol. The molecule has 0 saturated heterocycles. The van der Waals surface area contributed by atoms with E-state index >= 15 is 0 Å². The number of halogens is 1. The second-order valence-corrected chi connectivity index (χ2v) is 5.48. The lowest BCUT2D eigenvalue weighted by atomic mass is 9.99. The number of hydrogen-bond acceptors (Lipinski definition) is 2. The molecule has 21 heavy (non-hydrogen) atoms. The summed E-state index contributed by atoms with van der Waals surface area (Å²) < 4.78 is 15.6. The highest BCUT2D eigenvalue weighted by molar-refractivity contribution is 5.27. The summed E-state index contributed by atoms with van der Waals surface area (Å²) >= 11 is 0. The van der Waals surface area contributed by atoms with Crippen LogP contribution in [0.2, 0.25) is 0 Å². The molecule has 1 unspecified atom stereocenters. The molecule has 2 aromatic rings. The van der Waals surface area contributed by atoms with E-state index in [-0.39, 0.29) is 11.9 Å². The van der Waals surface area contributed by atoms with Gasteiger partial charge in [0.25, 0.3) is 0 Å². The van der Waals surface area contributed by atoms with Gasteiger partial charge in [0.05, 0.1) is 5.69 Å². The van der Waals surface area contributed by atoms with Crippen molar-refractivity contribution in [2.45, 2.75) is 39.7 Å². The fourth-order valence-electron chi connectivity index (χ4n) is 2.66. The van der Waals surface area contributed by atoms with E-state index < -0.39 is 0 Å². The smallest absolute Gasteiger partial charge is 0.123 e. The van der Waals surface area contributed by atoms with Crippen LogP contribution in [0.25, 0.3) is 0 Å². The van der Waals surface area contributed by atoms with Gasteiger partial charge in [-0.3, -0.25) is 4.68 Å². The minimum Gasteiger partial charge on any atom is -0.310 e. The molecule has 1 atom stereocenters. The second kappa shape index (κ2) is 6.85. The molecule has 2 rings (SSSR count). The molecule has 1 aromatic carbocycles. The molecule has 1 heterocycles. The van der Waals surface area contributed by atoms with Crippen molar-refractivity contribution in [2.75, 3.05) is 6.54 Å². The number of hydrogen-bond donors (Lipinski definition) is 1. The summed E-state index contributed by atoms with van der Waals surface area (Å²) in [4.78, 5) is 0. The van der Waals surface area contributed by atoms with Crippen molar-refractivity contribution in [3.05, 3.63) is 52.6 Å². The average molecular weight is 289 g/mol. The van der Waals surface area contributed by atoms with Gasteiger partial charge in [0.1, 0.15) is 5.82 Å². The van der Waals surface area contributed by atoms with Gasteiger partial charge in [0.15, 0.2) is 0 Å². The maximum Gasteiger partial charge on any atom is 0.123 e. The van der Waals surface area contributed by atoms with Crippen LogP contribution in [0.3, 0.4) is 0 Å². The molecule has 0 bridgehead atoms. The zero-order valence-corrected chi connectivity index (χ0v) is 13.3. The van der Waals surface area contributed by atoms with Crippen LogP contribution in [0.15, 0.2) is 24.3 Å². The van der Waals surface area contributed by atoms with Gasteiger partial charge in [0, 0.05) is 25.2 Å². The summed E-state index contributed by atoms with van der Waals surface area (Å²) in [6, 6.07) is 7.47. The Morgan fingerprint density at radius 1 is 1.24 bits per heavy atom. The average Bonchev–Trinajstić information content (AvgIpc) is 2.78. The largest absolute Gasteiger partial charge is 0.310 e. The molecule has 4 heteroatoms. The fourth-order valence-corrected chi connectivity index (χ4v) is 2.66. The van der Waals surface area contributed by atoms with Crippen molar-refractivity contribution < 1.29 is 4.39 Å². The molecule has 1 aromatic heterocycles. The van der Waals surface area contributed by atoms with Crippen molar-refractivity contribution in [1.82, 2.24) is 15.1 Å². The molecular formula is C17H24FN3. The first-order chi connectivity index (χ1) is 10.0. The third-order valence-electron chi connectivity index (χ3n) is 3.72. The van der Waals surface area contributed by atoms with Crippen LogP contribution in [0.5, 0.6) is 0 Å². The van der Waals surface area contributed by atoms with Crippen LogP contribution in [0, 0.1) is 12.7 Å². The highest BCUT2D eigenvalue weighted by Gasteiger charge is 2.15. The highest BCUT2D eigenvalue weighted by atomic mass is 19.1. The van der Waals surface area contributed by atoms with Gasteiger partial charge in [-0.25, -0.2) is 4.39 Å². The van der Waals surface area contributed by atoms with E-state index in [0.29, 0.717) is 0 Å². The molecule has 3 nitrogen and oxygen atoms in total. The molecule has 0 amide bonds. The normalized spacial score (nSPS) is 12.6. The van der Waals surface area contributed by atoms with Crippen molar-refractivity contribution in [3.8, 4) is 0 Å². The molecule has 114 valence electrons. The van der Waals surface area contributed by atoms with E-state index in [0.717, 1.165) is 36.2 Å². The lowest BCUT2D eigenvalue weighted by molar-refractivity contribution is 0.523. The zero-order chi connectivity index (χ0) is 15.4. The molecule has 0 spiro atoms. The summed E-state index contributed by atoms with van der Waals surface area (Å²) in [5.74, 6) is -0.174. The van der Waals surface area contributed by atoms with Gasteiger partial charge in [-0.15, -0.1) is 0 Å². The predicted octanol–water partition coefficient (Wildman–Crippen LogP) is 3.32. The predicted molar refractivity (Wildman–Crippen MR) is 83.8 cm³/mol. The van der Waals surface area contributed by atoms with E-state index in [1.807, 2.05) is 24.7 Å². The van der Waals surface area contributed by atoms with E-state index in [4.69, 9.17) is 0 Å². The van der Waals surface area contributed by atoms with Crippen molar-refractivity contribution in [1.29, 1.82) is 0 Å². The highest BCUT2D eigenvalue weighted by Crippen LogP contribution is 2.21. The SMILES string of the molecule is CCNC(Cc1cc(CC)nn1C)c1cc(C)cc(F)c1. The maximum atomic E-state index is 13.7. The van der Waals surface area contributed by atoms with Crippen LogP contribution in [0.4, 0.5) is 4.39 Å². The Hall–Kier alpha value is -1.68. The van der Waals surface area contributed by atoms with Gasteiger partial charge < -0.3 is 5.32 Å². The van der Waals surface area contributed by atoms with E-state index in [9.17, 15) is 4.39 Å². The summed E-state index contributed by atoms with van der Waals surface area (Å²) in [5.41, 5.74) is 4.21. The third-order valence-corrected chi connectivity index (χ3v) is 3.72. The van der Waals surface area contributed by atoms with E-state index in [2.05, 4.69) is 30.3 Å². The number of likely N-dealkylation sites (N-methyl/N-ethyl adjacent to an activating group) is 1. The topological polar surface area (TPSA) is 29.9 Å². The first kappa shape index (κ1) is 15.7. The van der Waals surface area contributed by atoms with E-state index in [1.54, 1.807) is 12.1 Å². The lowest BCUT2D eigenvalue weighted by Crippen LogP contribution is -2.24. The van der Waals surface area contributed by atoms with Gasteiger partial charge in [-0.05, 0) is 49.2 Å². The Morgan fingerprint density at radius 2 is 2.00 bits per heavy atom. The first-order valence-electron chi connectivity index (χ1n) is 7.55. The third kappa shape index (κ3) is 3.91. The van der Waals surface area contributed by atoms with Gasteiger partial charge in [0.2, 0.25) is 0 Å². The van der Waals surface area contributed by atoms with Gasteiger partial charge >= 0.3 is 0 Å². The Kier molecular flexibility index (Phi) is 5.12. The number of benzene rings is 1. The lowest BCUT2D eigenvalue weighted by Gasteiger charge is -2.19. The minimum atomic E-state index is -0.174. The van der Waals surface area contributed by atoms with Crippen molar-refractivity contribution in [2.24, 2.45) is 7.05 Å². The summed E-state index contributed by atoms with van der Waals surface area (Å²) in [7, 11) is 1.97. The molecular weight excluding hydrogens is 265 g/mol. The summed E-state index contributed by atoms with van der Waals surface area (Å²) in [6.07, 6.45) is 1.74. The number of aryl methyl sites for hydroxylation is 3. The summed E-state index contributed by atoms with van der Waals surface area (Å²) in [6.45, 7) is 6.94. The number of nitrogens with one attached hydrogen (secondary N) is 1. The Bertz CT molecular complexity index is 584. The zero-order valence-electron chi connectivity index (χ0n) is 13.3. The number of aromatic nitrogens is 2. The quantitative estimate of drug-likeness (QED) is 0.884. The van der Waals surface area contributed by atoms with Crippen molar-refractivity contribution >= 4 is 0 Å². The number of nitrogens with zero attached hydrogens (tertiary/aromatic N) is 2. The molecule has 0 fully saturated rings. The second-order valence-electron chi connectivity index (χ2n) is 5.48. The molecule has 0 saturated carbocycles. The Morgan fingerprint density at radius 3 is 2.57 bits per heavy atom.